The zero-order valence-corrected chi connectivity index (χ0v) is 16.3. The molecule has 0 atom stereocenters. The van der Waals surface area contributed by atoms with Crippen LogP contribution in [0.5, 0.6) is 0 Å². The fourth-order valence-corrected chi connectivity index (χ4v) is 2.47. The molecule has 0 aliphatic carbocycles. The number of amides is 2. The second kappa shape index (κ2) is 9.12. The molecule has 142 valence electrons. The zero-order valence-electron chi connectivity index (χ0n) is 16.3. The van der Waals surface area contributed by atoms with Gasteiger partial charge in [0.1, 0.15) is 0 Å². The highest BCUT2D eigenvalue weighted by Crippen LogP contribution is 2.17. The van der Waals surface area contributed by atoms with Crippen molar-refractivity contribution in [2.45, 2.75) is 40.5 Å². The third-order valence-electron chi connectivity index (χ3n) is 4.35. The number of carbonyl (C=O) groups is 3. The average molecular weight is 366 g/mol. The summed E-state index contributed by atoms with van der Waals surface area (Å²) in [7, 11) is 0. The van der Waals surface area contributed by atoms with Gasteiger partial charge in [-0.15, -0.1) is 0 Å². The van der Waals surface area contributed by atoms with E-state index in [-0.39, 0.29) is 36.4 Å². The number of hydrogen-bond acceptors (Lipinski definition) is 3. The summed E-state index contributed by atoms with van der Waals surface area (Å²) in [6.07, 6.45) is 0.256. The molecular weight excluding hydrogens is 340 g/mol. The Hall–Kier alpha value is -2.95. The van der Waals surface area contributed by atoms with Crippen molar-refractivity contribution in [1.82, 2.24) is 0 Å². The predicted molar refractivity (Wildman–Crippen MR) is 108 cm³/mol. The van der Waals surface area contributed by atoms with Crippen LogP contribution < -0.4 is 10.6 Å². The summed E-state index contributed by atoms with van der Waals surface area (Å²) >= 11 is 0. The van der Waals surface area contributed by atoms with E-state index < -0.39 is 0 Å². The summed E-state index contributed by atoms with van der Waals surface area (Å²) in [6.45, 7) is 7.58. The Morgan fingerprint density at radius 3 is 2.15 bits per heavy atom. The van der Waals surface area contributed by atoms with Crippen molar-refractivity contribution >= 4 is 29.0 Å². The van der Waals surface area contributed by atoms with Crippen LogP contribution in [0.3, 0.4) is 0 Å². The third kappa shape index (κ3) is 6.06. The van der Waals surface area contributed by atoms with Crippen molar-refractivity contribution in [3.05, 3.63) is 59.2 Å². The average Bonchev–Trinajstić information content (AvgIpc) is 2.62. The summed E-state index contributed by atoms with van der Waals surface area (Å²) in [5.74, 6) is -0.497. The van der Waals surface area contributed by atoms with Crippen LogP contribution in [0.2, 0.25) is 0 Å². The molecule has 0 bridgehead atoms. The summed E-state index contributed by atoms with van der Waals surface area (Å²) in [6, 6.07) is 12.5. The van der Waals surface area contributed by atoms with Crippen LogP contribution in [0.1, 0.15) is 48.2 Å². The topological polar surface area (TPSA) is 75.3 Å². The molecule has 5 heteroatoms. The number of carbonyl (C=O) groups excluding carboxylic acids is 3. The molecule has 2 rings (SSSR count). The predicted octanol–water partition coefficient (Wildman–Crippen LogP) is 4.50. The first-order valence-corrected chi connectivity index (χ1v) is 9.07. The lowest BCUT2D eigenvalue weighted by atomic mass is 10.0. The van der Waals surface area contributed by atoms with Gasteiger partial charge in [0.2, 0.25) is 11.8 Å². The zero-order chi connectivity index (χ0) is 20.0. The highest BCUT2D eigenvalue weighted by atomic mass is 16.2. The van der Waals surface area contributed by atoms with E-state index in [4.69, 9.17) is 0 Å². The lowest BCUT2D eigenvalue weighted by Gasteiger charge is -2.10. The van der Waals surface area contributed by atoms with Gasteiger partial charge in [-0.05, 0) is 49.2 Å². The fraction of sp³-hybridized carbons (Fsp3) is 0.318. The third-order valence-corrected chi connectivity index (χ3v) is 4.35. The highest BCUT2D eigenvalue weighted by Gasteiger charge is 2.11. The Labute approximate surface area is 160 Å². The van der Waals surface area contributed by atoms with Gasteiger partial charge in [-0.2, -0.15) is 0 Å². The molecule has 2 N–H and O–H groups in total. The van der Waals surface area contributed by atoms with Crippen LogP contribution in [0.4, 0.5) is 11.4 Å². The van der Waals surface area contributed by atoms with Crippen LogP contribution >= 0.6 is 0 Å². The van der Waals surface area contributed by atoms with Gasteiger partial charge in [-0.3, -0.25) is 14.4 Å². The second-order valence-corrected chi connectivity index (χ2v) is 7.00. The quantitative estimate of drug-likeness (QED) is 0.709. The molecule has 5 nitrogen and oxygen atoms in total. The lowest BCUT2D eigenvalue weighted by molar-refractivity contribution is -0.119. The number of nitrogens with one attached hydrogen (secondary N) is 2. The number of hydrogen-bond donors (Lipinski definition) is 2. The second-order valence-electron chi connectivity index (χ2n) is 7.00. The number of Topliss-reactive ketones (excluding diaryl/α,β-unsaturated/α-hetero) is 1. The lowest BCUT2D eigenvalue weighted by Crippen LogP contribution is -2.18. The highest BCUT2D eigenvalue weighted by molar-refractivity contribution is 6.00. The van der Waals surface area contributed by atoms with Crippen molar-refractivity contribution < 1.29 is 14.4 Å². The molecule has 0 fully saturated rings. The van der Waals surface area contributed by atoms with E-state index in [1.165, 1.54) is 0 Å². The molecule has 2 aromatic carbocycles. The standard InChI is InChI=1S/C22H26N2O3/c1-14(2)22(27)24-19-7-5-6-18(13-19)23-21(26)11-10-20(25)17-9-8-15(3)16(4)12-17/h5-9,12-14H,10-11H2,1-4H3,(H,23,26)(H,24,27). The van der Waals surface area contributed by atoms with Crippen molar-refractivity contribution in [2.75, 3.05) is 10.6 Å². The van der Waals surface area contributed by atoms with Crippen molar-refractivity contribution in [3.8, 4) is 0 Å². The number of ketones is 1. The van der Waals surface area contributed by atoms with Crippen molar-refractivity contribution in [2.24, 2.45) is 5.92 Å². The Balaban J connectivity index is 1.91. The van der Waals surface area contributed by atoms with Crippen LogP contribution in [0, 0.1) is 19.8 Å². The van der Waals surface area contributed by atoms with E-state index in [0.717, 1.165) is 11.1 Å². The molecule has 27 heavy (non-hydrogen) atoms. The Bertz CT molecular complexity index is 856. The maximum Gasteiger partial charge on any atom is 0.226 e. The molecule has 0 saturated carbocycles. The van der Waals surface area contributed by atoms with E-state index in [1.54, 1.807) is 30.3 Å². The van der Waals surface area contributed by atoms with Gasteiger partial charge in [-0.25, -0.2) is 0 Å². The van der Waals surface area contributed by atoms with Crippen LogP contribution in [0.15, 0.2) is 42.5 Å². The summed E-state index contributed by atoms with van der Waals surface area (Å²) in [5.41, 5.74) is 4.03. The summed E-state index contributed by atoms with van der Waals surface area (Å²) < 4.78 is 0. The maximum absolute atomic E-state index is 12.3. The van der Waals surface area contributed by atoms with Crippen LogP contribution in [0.25, 0.3) is 0 Å². The molecule has 2 amide bonds. The van der Waals surface area contributed by atoms with E-state index >= 15 is 0 Å². The summed E-state index contributed by atoms with van der Waals surface area (Å²) in [5, 5.41) is 5.56. The minimum Gasteiger partial charge on any atom is -0.326 e. The maximum atomic E-state index is 12.3. The number of rotatable bonds is 7. The Morgan fingerprint density at radius 2 is 1.52 bits per heavy atom. The normalized spacial score (nSPS) is 10.6. The summed E-state index contributed by atoms with van der Waals surface area (Å²) in [4.78, 5) is 36.2. The minimum absolute atomic E-state index is 0.0498. The smallest absolute Gasteiger partial charge is 0.226 e. The molecule has 0 aliphatic rings. The van der Waals surface area contributed by atoms with Gasteiger partial charge < -0.3 is 10.6 Å². The van der Waals surface area contributed by atoms with Crippen LogP contribution in [-0.4, -0.2) is 17.6 Å². The van der Waals surface area contributed by atoms with E-state index in [1.807, 2.05) is 39.8 Å². The van der Waals surface area contributed by atoms with Gasteiger partial charge in [0.25, 0.3) is 0 Å². The van der Waals surface area contributed by atoms with E-state index in [9.17, 15) is 14.4 Å². The molecule has 2 aromatic rings. The number of anilines is 2. The molecule has 0 unspecified atom stereocenters. The van der Waals surface area contributed by atoms with Crippen LogP contribution in [-0.2, 0) is 9.59 Å². The number of benzene rings is 2. The molecular formula is C22H26N2O3. The molecule has 0 radical (unpaired) electrons. The number of aryl methyl sites for hydroxylation is 2. The fourth-order valence-electron chi connectivity index (χ4n) is 2.47. The van der Waals surface area contributed by atoms with Gasteiger partial charge >= 0.3 is 0 Å². The van der Waals surface area contributed by atoms with Crippen molar-refractivity contribution in [1.29, 1.82) is 0 Å². The van der Waals surface area contributed by atoms with Crippen molar-refractivity contribution in [3.63, 3.8) is 0 Å². The SMILES string of the molecule is Cc1ccc(C(=O)CCC(=O)Nc2cccc(NC(=O)C(C)C)c2)cc1C. The van der Waals surface area contributed by atoms with Gasteiger partial charge in [0.05, 0.1) is 0 Å². The molecule has 0 saturated heterocycles. The monoisotopic (exact) mass is 366 g/mol. The van der Waals surface area contributed by atoms with E-state index in [2.05, 4.69) is 10.6 Å². The van der Waals surface area contributed by atoms with E-state index in [0.29, 0.717) is 16.9 Å². The largest absolute Gasteiger partial charge is 0.326 e. The van der Waals surface area contributed by atoms with Gasteiger partial charge in [0.15, 0.2) is 5.78 Å². The minimum atomic E-state index is -0.237. The molecule has 0 heterocycles. The first kappa shape index (κ1) is 20.4. The van der Waals surface area contributed by atoms with Gasteiger partial charge in [-0.1, -0.05) is 32.0 Å². The Morgan fingerprint density at radius 1 is 0.852 bits per heavy atom. The molecule has 0 aliphatic heterocycles. The first-order chi connectivity index (χ1) is 12.8. The molecule has 0 aromatic heterocycles. The van der Waals surface area contributed by atoms with Gasteiger partial charge in [0, 0.05) is 35.7 Å². The first-order valence-electron chi connectivity index (χ1n) is 9.07. The molecule has 0 spiro atoms. The Kier molecular flexibility index (Phi) is 6.88.